The molecule has 0 spiro atoms. The Bertz CT molecular complexity index is 658. The van der Waals surface area contributed by atoms with E-state index in [9.17, 15) is 9.90 Å². The fraction of sp³-hybridized carbons (Fsp3) is 0.143. The van der Waals surface area contributed by atoms with E-state index < -0.39 is 12.1 Å². The second-order valence-electron chi connectivity index (χ2n) is 4.12. The average Bonchev–Trinajstić information content (AvgIpc) is 3.00. The van der Waals surface area contributed by atoms with E-state index >= 15 is 0 Å². The van der Waals surface area contributed by atoms with E-state index in [1.807, 2.05) is 0 Å². The van der Waals surface area contributed by atoms with Gasteiger partial charge in [-0.15, -0.1) is 11.3 Å². The van der Waals surface area contributed by atoms with E-state index in [1.54, 1.807) is 23.6 Å². The molecule has 1 aromatic carbocycles. The summed E-state index contributed by atoms with van der Waals surface area (Å²) in [4.78, 5) is 15.8. The minimum atomic E-state index is -1.16. The highest BCUT2D eigenvalue weighted by atomic mass is 35.5. The largest absolute Gasteiger partial charge is 0.457 e. The van der Waals surface area contributed by atoms with Gasteiger partial charge in [-0.1, -0.05) is 35.8 Å². The van der Waals surface area contributed by atoms with E-state index in [1.165, 1.54) is 17.5 Å². The third kappa shape index (κ3) is 4.04. The van der Waals surface area contributed by atoms with Crippen molar-refractivity contribution >= 4 is 40.5 Å². The van der Waals surface area contributed by atoms with Gasteiger partial charge in [0.05, 0.1) is 15.6 Å². The lowest BCUT2D eigenvalue weighted by Crippen LogP contribution is -2.13. The zero-order valence-corrected chi connectivity index (χ0v) is 13.1. The van der Waals surface area contributed by atoms with Gasteiger partial charge in [0.1, 0.15) is 17.7 Å². The van der Waals surface area contributed by atoms with Crippen LogP contribution < -0.4 is 0 Å². The third-order valence-electron chi connectivity index (χ3n) is 2.63. The quantitative estimate of drug-likeness (QED) is 0.662. The molecule has 0 amide bonds. The summed E-state index contributed by atoms with van der Waals surface area (Å²) in [5.41, 5.74) is 0.624. The van der Waals surface area contributed by atoms with Gasteiger partial charge in [-0.25, -0.2) is 9.78 Å². The molecule has 2 aromatic rings. The van der Waals surface area contributed by atoms with Gasteiger partial charge in [-0.3, -0.25) is 0 Å². The number of nitrogens with zero attached hydrogens (tertiary/aromatic N) is 1. The molecule has 1 N–H and O–H groups in total. The summed E-state index contributed by atoms with van der Waals surface area (Å²) in [7, 11) is 0. The number of hydrogen-bond acceptors (Lipinski definition) is 5. The zero-order valence-electron chi connectivity index (χ0n) is 10.8. The van der Waals surface area contributed by atoms with Crippen molar-refractivity contribution in [3.63, 3.8) is 0 Å². The van der Waals surface area contributed by atoms with Crippen molar-refractivity contribution in [2.75, 3.05) is 0 Å². The summed E-state index contributed by atoms with van der Waals surface area (Å²) in [5, 5.41) is 12.8. The van der Waals surface area contributed by atoms with Gasteiger partial charge in [0.2, 0.25) is 0 Å². The van der Waals surface area contributed by atoms with Crippen LogP contribution in [-0.4, -0.2) is 16.1 Å². The number of carbonyl (C=O) groups excluding carboxylic acids is 1. The maximum atomic E-state index is 11.8. The van der Waals surface area contributed by atoms with Crippen LogP contribution >= 0.6 is 34.5 Å². The van der Waals surface area contributed by atoms with Crippen LogP contribution in [0.15, 0.2) is 41.9 Å². The first-order chi connectivity index (χ1) is 9.99. The van der Waals surface area contributed by atoms with Crippen molar-refractivity contribution in [3.8, 4) is 0 Å². The number of rotatable bonds is 5. The molecule has 0 saturated heterocycles. The van der Waals surface area contributed by atoms with E-state index in [2.05, 4.69) is 11.6 Å². The number of benzene rings is 1. The molecule has 21 heavy (non-hydrogen) atoms. The molecule has 1 unspecified atom stereocenters. The lowest BCUT2D eigenvalue weighted by atomic mass is 10.2. The summed E-state index contributed by atoms with van der Waals surface area (Å²) < 4.78 is 5.08. The number of ether oxygens (including phenoxy) is 1. The highest BCUT2D eigenvalue weighted by Gasteiger charge is 2.21. The summed E-state index contributed by atoms with van der Waals surface area (Å²) in [6, 6.07) is 4.92. The molecule has 0 radical (unpaired) electrons. The summed E-state index contributed by atoms with van der Waals surface area (Å²) in [6.45, 7) is 3.56. The van der Waals surface area contributed by atoms with E-state index in [0.717, 1.165) is 0 Å². The van der Waals surface area contributed by atoms with Gasteiger partial charge in [0.15, 0.2) is 0 Å². The van der Waals surface area contributed by atoms with Gasteiger partial charge in [-0.2, -0.15) is 0 Å². The van der Waals surface area contributed by atoms with Crippen molar-refractivity contribution < 1.29 is 14.6 Å². The van der Waals surface area contributed by atoms with E-state index in [0.29, 0.717) is 20.6 Å². The Hall–Kier alpha value is -1.40. The van der Waals surface area contributed by atoms with Crippen molar-refractivity contribution in [2.45, 2.75) is 12.7 Å². The van der Waals surface area contributed by atoms with Crippen LogP contribution in [0.3, 0.4) is 0 Å². The average molecular weight is 344 g/mol. The molecule has 0 aliphatic heterocycles. The van der Waals surface area contributed by atoms with Gasteiger partial charge < -0.3 is 9.84 Å². The molecule has 0 aliphatic carbocycles. The van der Waals surface area contributed by atoms with Crippen LogP contribution in [0.5, 0.6) is 0 Å². The number of aliphatic hydroxyl groups excluding tert-OH is 1. The van der Waals surface area contributed by atoms with Crippen LogP contribution in [0.2, 0.25) is 10.0 Å². The molecule has 1 aromatic heterocycles. The second kappa shape index (κ2) is 7.04. The molecule has 0 aliphatic rings. The molecule has 4 nitrogen and oxygen atoms in total. The predicted molar refractivity (Wildman–Crippen MR) is 82.5 cm³/mol. The maximum Gasteiger partial charge on any atom is 0.336 e. The van der Waals surface area contributed by atoms with Crippen LogP contribution in [0.25, 0.3) is 0 Å². The Morgan fingerprint density at radius 3 is 2.81 bits per heavy atom. The summed E-state index contributed by atoms with van der Waals surface area (Å²) >= 11 is 12.9. The topological polar surface area (TPSA) is 59.4 Å². The minimum absolute atomic E-state index is 0.0132. The molecular weight excluding hydrogens is 333 g/mol. The molecule has 2 rings (SSSR count). The van der Waals surface area contributed by atoms with Crippen molar-refractivity contribution in [2.24, 2.45) is 0 Å². The van der Waals surface area contributed by atoms with Crippen LogP contribution in [0, 0.1) is 0 Å². The molecular formula is C14H11Cl2NO3S. The first-order valence-electron chi connectivity index (χ1n) is 5.86. The number of aromatic nitrogens is 1. The molecule has 0 saturated carbocycles. The van der Waals surface area contributed by atoms with Crippen molar-refractivity contribution in [1.29, 1.82) is 0 Å². The Morgan fingerprint density at radius 1 is 1.43 bits per heavy atom. The van der Waals surface area contributed by atoms with E-state index in [-0.39, 0.29) is 12.2 Å². The zero-order chi connectivity index (χ0) is 15.4. The number of halogens is 2. The van der Waals surface area contributed by atoms with Crippen LogP contribution in [0.1, 0.15) is 16.7 Å². The number of carbonyl (C=O) groups is 1. The Labute approximate surface area is 135 Å². The Kier molecular flexibility index (Phi) is 5.36. The molecule has 1 atom stereocenters. The Morgan fingerprint density at radius 2 is 2.19 bits per heavy atom. The predicted octanol–water partition coefficient (Wildman–Crippen LogP) is 3.78. The number of thiazole rings is 1. The molecule has 7 heteroatoms. The number of aliphatic hydroxyl groups is 1. The van der Waals surface area contributed by atoms with Gasteiger partial charge in [0, 0.05) is 11.6 Å². The number of esters is 1. The lowest BCUT2D eigenvalue weighted by molar-refractivity contribution is -0.141. The number of hydrogen-bond donors (Lipinski definition) is 1. The first-order valence-corrected chi connectivity index (χ1v) is 7.50. The molecule has 0 bridgehead atoms. The van der Waals surface area contributed by atoms with Crippen LogP contribution in [-0.2, 0) is 16.1 Å². The highest BCUT2D eigenvalue weighted by Crippen LogP contribution is 2.25. The van der Waals surface area contributed by atoms with Crippen LogP contribution in [0.4, 0.5) is 0 Å². The summed E-state index contributed by atoms with van der Waals surface area (Å²) in [6.07, 6.45) is 0.378. The Balaban J connectivity index is 1.95. The summed E-state index contributed by atoms with van der Waals surface area (Å²) in [5.74, 6) is -0.691. The fourth-order valence-electron chi connectivity index (χ4n) is 1.50. The SMILES string of the molecule is C=C(C(=O)OCc1ccc(Cl)c(Cl)c1)C(O)c1nccs1. The maximum absolute atomic E-state index is 11.8. The fourth-order valence-corrected chi connectivity index (χ4v) is 2.48. The standard InChI is InChI=1S/C14H11Cl2NO3S/c1-8(12(18)13-17-4-5-21-13)14(19)20-7-9-2-3-10(15)11(16)6-9/h2-6,12,18H,1,7H2. The molecule has 110 valence electrons. The highest BCUT2D eigenvalue weighted by molar-refractivity contribution is 7.09. The minimum Gasteiger partial charge on any atom is -0.457 e. The van der Waals surface area contributed by atoms with Gasteiger partial charge >= 0.3 is 5.97 Å². The molecule has 0 fully saturated rings. The van der Waals surface area contributed by atoms with Gasteiger partial charge in [0.25, 0.3) is 0 Å². The third-order valence-corrected chi connectivity index (χ3v) is 4.20. The van der Waals surface area contributed by atoms with Crippen molar-refractivity contribution in [3.05, 3.63) is 62.5 Å². The van der Waals surface area contributed by atoms with Gasteiger partial charge in [-0.05, 0) is 17.7 Å². The van der Waals surface area contributed by atoms with Crippen molar-refractivity contribution in [1.82, 2.24) is 4.98 Å². The first kappa shape index (κ1) is 16.0. The monoisotopic (exact) mass is 343 g/mol. The lowest BCUT2D eigenvalue weighted by Gasteiger charge is -2.11. The second-order valence-corrected chi connectivity index (χ2v) is 5.86. The van der Waals surface area contributed by atoms with E-state index in [4.69, 9.17) is 27.9 Å². The smallest absolute Gasteiger partial charge is 0.336 e. The normalized spacial score (nSPS) is 12.0. The molecule has 1 heterocycles.